The summed E-state index contributed by atoms with van der Waals surface area (Å²) >= 11 is 0. The van der Waals surface area contributed by atoms with Gasteiger partial charge >= 0.3 is 5.97 Å². The zero-order valence-electron chi connectivity index (χ0n) is 15.0. The first-order valence-electron chi connectivity index (χ1n) is 8.06. The van der Waals surface area contributed by atoms with Crippen LogP contribution in [0.15, 0.2) is 23.1 Å². The number of ether oxygens (including phenoxy) is 1. The summed E-state index contributed by atoms with van der Waals surface area (Å²) in [7, 11) is -2.27. The Morgan fingerprint density at radius 1 is 1.27 bits per heavy atom. The van der Waals surface area contributed by atoms with Crippen molar-refractivity contribution in [2.24, 2.45) is 0 Å². The highest BCUT2D eigenvalue weighted by Gasteiger charge is 2.17. The summed E-state index contributed by atoms with van der Waals surface area (Å²) in [4.78, 5) is 14.0. The first-order valence-corrected chi connectivity index (χ1v) is 9.54. The SMILES string of the molecule is COC(=O)c1ccc(S(=O)(=O)NCCCN2CCNCC2)cc1C.Cl.Cl. The van der Waals surface area contributed by atoms with Gasteiger partial charge in [-0.2, -0.15) is 0 Å². The molecule has 0 spiro atoms. The van der Waals surface area contributed by atoms with E-state index in [-0.39, 0.29) is 29.7 Å². The summed E-state index contributed by atoms with van der Waals surface area (Å²) < 4.78 is 32.0. The third-order valence-corrected chi connectivity index (χ3v) is 5.52. The van der Waals surface area contributed by atoms with E-state index in [1.54, 1.807) is 6.92 Å². The Kier molecular flexibility index (Phi) is 11.3. The van der Waals surface area contributed by atoms with E-state index >= 15 is 0 Å². The number of halogens is 2. The topological polar surface area (TPSA) is 87.7 Å². The maximum Gasteiger partial charge on any atom is 0.338 e. The molecular weight excluding hydrogens is 401 g/mol. The van der Waals surface area contributed by atoms with Crippen molar-refractivity contribution < 1.29 is 17.9 Å². The summed E-state index contributed by atoms with van der Waals surface area (Å²) in [5.74, 6) is -0.472. The average molecular weight is 428 g/mol. The van der Waals surface area contributed by atoms with Gasteiger partial charge in [0.05, 0.1) is 17.6 Å². The molecule has 1 fully saturated rings. The third-order valence-electron chi connectivity index (χ3n) is 4.07. The second kappa shape index (κ2) is 11.7. The fourth-order valence-electron chi connectivity index (χ4n) is 2.67. The summed E-state index contributed by atoms with van der Waals surface area (Å²) in [6.07, 6.45) is 0.762. The van der Waals surface area contributed by atoms with Crippen LogP contribution in [0.2, 0.25) is 0 Å². The normalized spacial score (nSPS) is 14.8. The molecule has 10 heteroatoms. The smallest absolute Gasteiger partial charge is 0.338 e. The van der Waals surface area contributed by atoms with Crippen LogP contribution in [-0.2, 0) is 14.8 Å². The van der Waals surface area contributed by atoms with Gasteiger partial charge in [0.15, 0.2) is 0 Å². The van der Waals surface area contributed by atoms with E-state index in [9.17, 15) is 13.2 Å². The zero-order chi connectivity index (χ0) is 17.6. The summed E-state index contributed by atoms with van der Waals surface area (Å²) in [6.45, 7) is 6.93. The number of methoxy groups -OCH3 is 1. The Labute approximate surface area is 167 Å². The maximum absolute atomic E-state index is 12.3. The lowest BCUT2D eigenvalue weighted by atomic mass is 10.1. The monoisotopic (exact) mass is 427 g/mol. The average Bonchev–Trinajstić information content (AvgIpc) is 2.59. The number of benzene rings is 1. The number of piperazine rings is 1. The number of hydrogen-bond donors (Lipinski definition) is 2. The molecule has 0 radical (unpaired) electrons. The number of aryl methyl sites for hydroxylation is 1. The van der Waals surface area contributed by atoms with Gasteiger partial charge in [-0.05, 0) is 43.7 Å². The summed E-state index contributed by atoms with van der Waals surface area (Å²) in [6, 6.07) is 4.40. The fourth-order valence-corrected chi connectivity index (χ4v) is 3.83. The minimum absolute atomic E-state index is 0. The van der Waals surface area contributed by atoms with Gasteiger partial charge in [-0.15, -0.1) is 24.8 Å². The van der Waals surface area contributed by atoms with Gasteiger partial charge in [-0.1, -0.05) is 0 Å². The molecular formula is C16H27Cl2N3O4S. The Hall–Kier alpha value is -0.900. The van der Waals surface area contributed by atoms with E-state index in [1.807, 2.05) is 0 Å². The molecule has 150 valence electrons. The fraction of sp³-hybridized carbons (Fsp3) is 0.562. The number of sulfonamides is 1. The highest BCUT2D eigenvalue weighted by Crippen LogP contribution is 2.16. The minimum atomic E-state index is -3.57. The van der Waals surface area contributed by atoms with Gasteiger partial charge in [-0.3, -0.25) is 0 Å². The Morgan fingerprint density at radius 2 is 1.92 bits per heavy atom. The Balaban J connectivity index is 0.00000312. The molecule has 1 aromatic carbocycles. The van der Waals surface area contributed by atoms with Crippen molar-refractivity contribution in [2.45, 2.75) is 18.2 Å². The lowest BCUT2D eigenvalue weighted by Gasteiger charge is -2.27. The number of rotatable bonds is 7. The number of carbonyl (C=O) groups excluding carboxylic acids is 1. The molecule has 1 aromatic rings. The number of carbonyl (C=O) groups is 1. The predicted octanol–water partition coefficient (Wildman–Crippen LogP) is 1.20. The van der Waals surface area contributed by atoms with Crippen LogP contribution in [0, 0.1) is 6.92 Å². The number of esters is 1. The van der Waals surface area contributed by atoms with Crippen molar-refractivity contribution in [3.8, 4) is 0 Å². The zero-order valence-corrected chi connectivity index (χ0v) is 17.4. The van der Waals surface area contributed by atoms with E-state index in [0.29, 0.717) is 17.7 Å². The molecule has 0 aliphatic carbocycles. The maximum atomic E-state index is 12.3. The van der Waals surface area contributed by atoms with Crippen molar-refractivity contribution >= 4 is 40.8 Å². The molecule has 0 atom stereocenters. The van der Waals surface area contributed by atoms with Crippen LogP contribution >= 0.6 is 24.8 Å². The van der Waals surface area contributed by atoms with E-state index in [4.69, 9.17) is 0 Å². The van der Waals surface area contributed by atoms with Crippen molar-refractivity contribution in [3.63, 3.8) is 0 Å². The standard InChI is InChI=1S/C16H25N3O4S.2ClH/c1-13-12-14(4-5-15(13)16(20)23-2)24(21,22)18-6-3-9-19-10-7-17-8-11-19;;/h4-5,12,17-18H,3,6-11H2,1-2H3;2*1H. The first-order chi connectivity index (χ1) is 11.4. The number of nitrogens with one attached hydrogen (secondary N) is 2. The lowest BCUT2D eigenvalue weighted by Crippen LogP contribution is -2.44. The highest BCUT2D eigenvalue weighted by atomic mass is 35.5. The van der Waals surface area contributed by atoms with E-state index in [1.165, 1.54) is 25.3 Å². The summed E-state index contributed by atoms with van der Waals surface area (Å²) in [5.41, 5.74) is 0.945. The van der Waals surface area contributed by atoms with Crippen molar-refractivity contribution in [1.82, 2.24) is 14.9 Å². The molecule has 0 amide bonds. The molecule has 2 rings (SSSR count). The molecule has 7 nitrogen and oxygen atoms in total. The van der Waals surface area contributed by atoms with Crippen molar-refractivity contribution in [3.05, 3.63) is 29.3 Å². The number of nitrogens with zero attached hydrogens (tertiary/aromatic N) is 1. The minimum Gasteiger partial charge on any atom is -0.465 e. The number of hydrogen-bond acceptors (Lipinski definition) is 6. The quantitative estimate of drug-likeness (QED) is 0.501. The first kappa shape index (κ1) is 25.1. The van der Waals surface area contributed by atoms with Crippen LogP contribution in [0.1, 0.15) is 22.3 Å². The van der Waals surface area contributed by atoms with Crippen LogP contribution in [0.3, 0.4) is 0 Å². The Bertz CT molecular complexity index is 680. The largest absolute Gasteiger partial charge is 0.465 e. The molecule has 1 aliphatic rings. The van der Waals surface area contributed by atoms with E-state index in [2.05, 4.69) is 19.7 Å². The van der Waals surface area contributed by atoms with Crippen LogP contribution in [-0.4, -0.2) is 65.7 Å². The highest BCUT2D eigenvalue weighted by molar-refractivity contribution is 7.89. The third kappa shape index (κ3) is 7.02. The van der Waals surface area contributed by atoms with E-state index < -0.39 is 16.0 Å². The molecule has 0 unspecified atom stereocenters. The van der Waals surface area contributed by atoms with Crippen LogP contribution in [0.5, 0.6) is 0 Å². The Morgan fingerprint density at radius 3 is 2.50 bits per heavy atom. The molecule has 1 saturated heterocycles. The van der Waals surface area contributed by atoms with Crippen LogP contribution < -0.4 is 10.0 Å². The molecule has 0 saturated carbocycles. The van der Waals surface area contributed by atoms with Gasteiger partial charge in [0.2, 0.25) is 10.0 Å². The van der Waals surface area contributed by atoms with Crippen molar-refractivity contribution in [1.29, 1.82) is 0 Å². The molecule has 0 bridgehead atoms. The second-order valence-corrected chi connectivity index (χ2v) is 7.58. The molecule has 1 heterocycles. The van der Waals surface area contributed by atoms with Crippen molar-refractivity contribution in [2.75, 3.05) is 46.4 Å². The van der Waals surface area contributed by atoms with Gasteiger partial charge in [0, 0.05) is 32.7 Å². The lowest BCUT2D eigenvalue weighted by molar-refractivity contribution is 0.0600. The van der Waals surface area contributed by atoms with Crippen LogP contribution in [0.25, 0.3) is 0 Å². The van der Waals surface area contributed by atoms with Gasteiger partial charge in [0.25, 0.3) is 0 Å². The summed E-state index contributed by atoms with van der Waals surface area (Å²) in [5, 5.41) is 3.29. The van der Waals surface area contributed by atoms with E-state index in [0.717, 1.165) is 39.1 Å². The predicted molar refractivity (Wildman–Crippen MR) is 106 cm³/mol. The van der Waals surface area contributed by atoms with Crippen LogP contribution in [0.4, 0.5) is 0 Å². The van der Waals surface area contributed by atoms with Gasteiger partial charge in [-0.25, -0.2) is 17.9 Å². The van der Waals surface area contributed by atoms with Gasteiger partial charge < -0.3 is 15.0 Å². The molecule has 0 aromatic heterocycles. The van der Waals surface area contributed by atoms with Gasteiger partial charge in [0.1, 0.15) is 0 Å². The molecule has 1 aliphatic heterocycles. The molecule has 2 N–H and O–H groups in total. The second-order valence-electron chi connectivity index (χ2n) is 5.81. The molecule has 26 heavy (non-hydrogen) atoms.